The van der Waals surface area contributed by atoms with Crippen LogP contribution in [-0.2, 0) is 4.79 Å². The van der Waals surface area contributed by atoms with E-state index in [1.807, 2.05) is 0 Å². The molecule has 0 aromatic heterocycles. The molecule has 7 heteroatoms. The lowest BCUT2D eigenvalue weighted by atomic mass is 9.99. The van der Waals surface area contributed by atoms with E-state index in [1.54, 1.807) is 19.1 Å². The van der Waals surface area contributed by atoms with Gasteiger partial charge in [-0.3, -0.25) is 4.79 Å². The fourth-order valence-corrected chi connectivity index (χ4v) is 2.48. The first-order valence-corrected chi connectivity index (χ1v) is 7.62. The second-order valence-corrected chi connectivity index (χ2v) is 5.74. The Hall–Kier alpha value is -2.31. The number of hydrogen-bond acceptors (Lipinski definition) is 3. The average Bonchev–Trinajstić information content (AvgIpc) is 2.53. The fraction of sp³-hybridized carbons (Fsp3) is 0.500. The number of amides is 2. The molecule has 0 aliphatic carbocycles. The lowest BCUT2D eigenvalue weighted by Gasteiger charge is -2.31. The zero-order valence-electron chi connectivity index (χ0n) is 13.0. The van der Waals surface area contributed by atoms with Crippen molar-refractivity contribution >= 4 is 12.0 Å². The van der Waals surface area contributed by atoms with Crippen molar-refractivity contribution < 1.29 is 23.8 Å². The van der Waals surface area contributed by atoms with Crippen LogP contribution in [0.2, 0.25) is 0 Å². The van der Waals surface area contributed by atoms with Crippen molar-refractivity contribution in [2.24, 2.45) is 5.92 Å². The number of aliphatic carboxylic acids is 1. The topological polar surface area (TPSA) is 78.9 Å². The van der Waals surface area contributed by atoms with Gasteiger partial charge in [-0.2, -0.15) is 0 Å². The molecule has 2 unspecified atom stereocenters. The normalized spacial score (nSPS) is 19.0. The smallest absolute Gasteiger partial charge is 0.317 e. The summed E-state index contributed by atoms with van der Waals surface area (Å²) < 4.78 is 18.5. The molecule has 1 aromatic carbocycles. The van der Waals surface area contributed by atoms with Crippen LogP contribution in [0.15, 0.2) is 24.3 Å². The largest absolute Gasteiger partial charge is 0.491 e. The Labute approximate surface area is 134 Å². The Kier molecular flexibility index (Phi) is 5.78. The third-order valence-corrected chi connectivity index (χ3v) is 3.72. The average molecular weight is 324 g/mol. The molecule has 2 atom stereocenters. The van der Waals surface area contributed by atoms with Crippen LogP contribution in [0.5, 0.6) is 5.75 Å². The predicted octanol–water partition coefficient (Wildman–Crippen LogP) is 2.10. The molecule has 0 bridgehead atoms. The van der Waals surface area contributed by atoms with Gasteiger partial charge in [-0.15, -0.1) is 0 Å². The maximum Gasteiger partial charge on any atom is 0.317 e. The van der Waals surface area contributed by atoms with Gasteiger partial charge in [-0.1, -0.05) is 6.07 Å². The standard InChI is InChI=1S/C16H21FN2O4/c1-11(10-23-14-6-2-5-13(17)8-14)18-16(22)19-7-3-4-12(9-19)15(20)21/h2,5-6,8,11-12H,3-4,7,9-10H2,1H3,(H,18,22)(H,20,21). The number of ether oxygens (including phenoxy) is 1. The number of hydrogen-bond donors (Lipinski definition) is 2. The van der Waals surface area contributed by atoms with E-state index in [0.29, 0.717) is 25.1 Å². The number of carbonyl (C=O) groups excluding carboxylic acids is 1. The fourth-order valence-electron chi connectivity index (χ4n) is 2.48. The predicted molar refractivity (Wildman–Crippen MR) is 81.8 cm³/mol. The van der Waals surface area contributed by atoms with Crippen molar-refractivity contribution in [2.75, 3.05) is 19.7 Å². The lowest BCUT2D eigenvalue weighted by Crippen LogP contribution is -2.50. The number of rotatable bonds is 5. The molecule has 2 rings (SSSR count). The van der Waals surface area contributed by atoms with E-state index in [9.17, 15) is 14.0 Å². The number of likely N-dealkylation sites (tertiary alicyclic amines) is 1. The van der Waals surface area contributed by atoms with Crippen molar-refractivity contribution in [1.82, 2.24) is 10.2 Å². The summed E-state index contributed by atoms with van der Waals surface area (Å²) in [5.41, 5.74) is 0. The Balaban J connectivity index is 1.79. The molecular weight excluding hydrogens is 303 g/mol. The maximum atomic E-state index is 13.0. The summed E-state index contributed by atoms with van der Waals surface area (Å²) in [7, 11) is 0. The summed E-state index contributed by atoms with van der Waals surface area (Å²) in [4.78, 5) is 24.7. The molecule has 2 amide bonds. The highest BCUT2D eigenvalue weighted by atomic mass is 19.1. The van der Waals surface area contributed by atoms with Gasteiger partial charge in [0, 0.05) is 19.2 Å². The van der Waals surface area contributed by atoms with Gasteiger partial charge < -0.3 is 20.1 Å². The van der Waals surface area contributed by atoms with Crippen LogP contribution in [0.1, 0.15) is 19.8 Å². The Morgan fingerprint density at radius 2 is 2.30 bits per heavy atom. The van der Waals surface area contributed by atoms with Gasteiger partial charge in [0.05, 0.1) is 12.0 Å². The number of urea groups is 1. The molecule has 2 N–H and O–H groups in total. The second-order valence-electron chi connectivity index (χ2n) is 5.74. The number of nitrogens with zero attached hydrogens (tertiary/aromatic N) is 1. The molecular formula is C16H21FN2O4. The van der Waals surface area contributed by atoms with E-state index in [-0.39, 0.29) is 31.0 Å². The molecule has 1 heterocycles. The highest BCUT2D eigenvalue weighted by molar-refractivity contribution is 5.76. The van der Waals surface area contributed by atoms with Gasteiger partial charge in [-0.05, 0) is 31.9 Å². The van der Waals surface area contributed by atoms with E-state index in [4.69, 9.17) is 9.84 Å². The minimum Gasteiger partial charge on any atom is -0.491 e. The first kappa shape index (κ1) is 17.1. The molecule has 0 radical (unpaired) electrons. The van der Waals surface area contributed by atoms with Crippen molar-refractivity contribution in [2.45, 2.75) is 25.8 Å². The van der Waals surface area contributed by atoms with E-state index in [1.165, 1.54) is 17.0 Å². The zero-order valence-corrected chi connectivity index (χ0v) is 13.0. The highest BCUT2D eigenvalue weighted by Gasteiger charge is 2.28. The SMILES string of the molecule is CC(COc1cccc(F)c1)NC(=O)N1CCCC(C(=O)O)C1. The third-order valence-electron chi connectivity index (χ3n) is 3.72. The number of carboxylic acid groups (broad SMARTS) is 1. The zero-order chi connectivity index (χ0) is 16.8. The molecule has 1 saturated heterocycles. The maximum absolute atomic E-state index is 13.0. The summed E-state index contributed by atoms with van der Waals surface area (Å²) in [5, 5.41) is 11.8. The number of piperidine rings is 1. The van der Waals surface area contributed by atoms with E-state index in [0.717, 1.165) is 0 Å². The third kappa shape index (κ3) is 5.12. The Morgan fingerprint density at radius 3 is 3.00 bits per heavy atom. The lowest BCUT2D eigenvalue weighted by molar-refractivity contribution is -0.143. The molecule has 0 saturated carbocycles. The molecule has 1 fully saturated rings. The summed E-state index contributed by atoms with van der Waals surface area (Å²) in [6.45, 7) is 2.74. The van der Waals surface area contributed by atoms with Crippen molar-refractivity contribution in [3.8, 4) is 5.75 Å². The van der Waals surface area contributed by atoms with Crippen molar-refractivity contribution in [3.63, 3.8) is 0 Å². The molecule has 23 heavy (non-hydrogen) atoms. The number of carbonyl (C=O) groups is 2. The molecule has 1 aromatic rings. The highest BCUT2D eigenvalue weighted by Crippen LogP contribution is 2.17. The summed E-state index contributed by atoms with van der Waals surface area (Å²) in [6, 6.07) is 5.21. The second kappa shape index (κ2) is 7.80. The molecule has 126 valence electrons. The first-order chi connectivity index (χ1) is 11.0. The van der Waals surface area contributed by atoms with E-state index >= 15 is 0 Å². The Bertz CT molecular complexity index is 567. The molecule has 6 nitrogen and oxygen atoms in total. The molecule has 0 spiro atoms. The van der Waals surface area contributed by atoms with Gasteiger partial charge >= 0.3 is 12.0 Å². The quantitative estimate of drug-likeness (QED) is 0.869. The van der Waals surface area contributed by atoms with E-state index < -0.39 is 11.9 Å². The minimum absolute atomic E-state index is 0.200. The van der Waals surface area contributed by atoms with Gasteiger partial charge in [0.15, 0.2) is 0 Å². The number of carboxylic acids is 1. The van der Waals surface area contributed by atoms with Gasteiger partial charge in [-0.25, -0.2) is 9.18 Å². The Morgan fingerprint density at radius 1 is 1.52 bits per heavy atom. The van der Waals surface area contributed by atoms with Crippen LogP contribution in [0, 0.1) is 11.7 Å². The van der Waals surface area contributed by atoms with Crippen LogP contribution in [0.3, 0.4) is 0 Å². The van der Waals surface area contributed by atoms with E-state index in [2.05, 4.69) is 5.32 Å². The number of benzene rings is 1. The van der Waals surface area contributed by atoms with Crippen LogP contribution in [0.25, 0.3) is 0 Å². The summed E-state index contributed by atoms with van der Waals surface area (Å²) >= 11 is 0. The monoisotopic (exact) mass is 324 g/mol. The number of nitrogens with one attached hydrogen (secondary N) is 1. The van der Waals surface area contributed by atoms with Crippen LogP contribution in [-0.4, -0.2) is 47.7 Å². The van der Waals surface area contributed by atoms with Crippen LogP contribution >= 0.6 is 0 Å². The molecule has 1 aliphatic rings. The van der Waals surface area contributed by atoms with Crippen LogP contribution in [0.4, 0.5) is 9.18 Å². The number of halogens is 1. The van der Waals surface area contributed by atoms with Crippen molar-refractivity contribution in [1.29, 1.82) is 0 Å². The van der Waals surface area contributed by atoms with Gasteiger partial charge in [0.25, 0.3) is 0 Å². The van der Waals surface area contributed by atoms with Gasteiger partial charge in [0.2, 0.25) is 0 Å². The summed E-state index contributed by atoms with van der Waals surface area (Å²) in [6.07, 6.45) is 1.27. The first-order valence-electron chi connectivity index (χ1n) is 7.62. The van der Waals surface area contributed by atoms with Crippen molar-refractivity contribution in [3.05, 3.63) is 30.1 Å². The van der Waals surface area contributed by atoms with Gasteiger partial charge in [0.1, 0.15) is 18.2 Å². The van der Waals surface area contributed by atoms with Crippen LogP contribution < -0.4 is 10.1 Å². The minimum atomic E-state index is -0.870. The molecule has 1 aliphatic heterocycles. The summed E-state index contributed by atoms with van der Waals surface area (Å²) in [5.74, 6) is -1.36.